The number of hydrogen-bond donors (Lipinski definition) is 5. The lowest BCUT2D eigenvalue weighted by atomic mass is 10.1. The number of aliphatic hydroxyl groups excluding tert-OH is 2. The van der Waals surface area contributed by atoms with Gasteiger partial charge in [0, 0.05) is 0 Å². The Balaban J connectivity index is 1.85. The zero-order valence-electron chi connectivity index (χ0n) is 14.2. The molecule has 0 aromatic carbocycles. The van der Waals surface area contributed by atoms with Gasteiger partial charge in [0.05, 0.1) is 31.3 Å². The largest absolute Gasteiger partial charge is 0.394 e. The number of aliphatic hydroxyl groups is 2. The molecule has 11 nitrogen and oxygen atoms in total. The summed E-state index contributed by atoms with van der Waals surface area (Å²) in [6, 6.07) is -1.57. The average Bonchev–Trinajstić information content (AvgIpc) is 3.18. The van der Waals surface area contributed by atoms with Crippen LogP contribution in [0.3, 0.4) is 0 Å². The van der Waals surface area contributed by atoms with Crippen LogP contribution in [0.25, 0.3) is 11.2 Å². The Labute approximate surface area is 148 Å². The first-order chi connectivity index (χ1) is 12.5. The van der Waals surface area contributed by atoms with Crippen molar-refractivity contribution >= 4 is 17.1 Å². The van der Waals surface area contributed by atoms with Crippen LogP contribution in [0.2, 0.25) is 0 Å². The highest BCUT2D eigenvalue weighted by atomic mass is 16.5. The molecule has 0 bridgehead atoms. The van der Waals surface area contributed by atoms with E-state index in [2.05, 4.69) is 20.3 Å². The summed E-state index contributed by atoms with van der Waals surface area (Å²) in [6.07, 6.45) is 0.779. The molecule has 1 aliphatic rings. The number of fused-ring (bicyclic) bond motifs is 1. The van der Waals surface area contributed by atoms with Gasteiger partial charge in [-0.25, -0.2) is 9.97 Å². The van der Waals surface area contributed by atoms with E-state index in [-0.39, 0.29) is 11.2 Å². The maximum absolute atomic E-state index is 12.2. The first-order valence-corrected chi connectivity index (χ1v) is 8.38. The second-order valence-electron chi connectivity index (χ2n) is 6.22. The Kier molecular flexibility index (Phi) is 5.32. The average molecular weight is 366 g/mol. The number of aromatic amines is 1. The predicted octanol–water partition coefficient (Wildman–Crippen LogP) is -2.02. The van der Waals surface area contributed by atoms with E-state index < -0.39 is 48.6 Å². The Morgan fingerprint density at radius 3 is 3.00 bits per heavy atom. The lowest BCUT2D eigenvalue weighted by Gasteiger charge is -2.22. The molecule has 2 aromatic heterocycles. The van der Waals surface area contributed by atoms with Gasteiger partial charge in [0.25, 0.3) is 5.56 Å². The molecular weight excluding hydrogens is 344 g/mol. The van der Waals surface area contributed by atoms with E-state index in [4.69, 9.17) is 10.5 Å². The minimum Gasteiger partial charge on any atom is -0.394 e. The van der Waals surface area contributed by atoms with Crippen molar-refractivity contribution in [3.8, 4) is 0 Å². The monoisotopic (exact) mass is 366 g/mol. The maximum Gasteiger partial charge on any atom is 0.278 e. The number of carbonyl (C=O) groups is 1. The molecule has 0 aliphatic carbocycles. The van der Waals surface area contributed by atoms with Crippen LogP contribution < -0.4 is 16.6 Å². The Hall–Kier alpha value is -2.34. The molecule has 1 aliphatic heterocycles. The van der Waals surface area contributed by atoms with Crippen LogP contribution >= 0.6 is 0 Å². The van der Waals surface area contributed by atoms with E-state index in [0.29, 0.717) is 6.42 Å². The van der Waals surface area contributed by atoms with Gasteiger partial charge in [0.15, 0.2) is 17.4 Å². The summed E-state index contributed by atoms with van der Waals surface area (Å²) < 4.78 is 7.08. The third kappa shape index (κ3) is 3.21. The Morgan fingerprint density at radius 1 is 1.54 bits per heavy atom. The van der Waals surface area contributed by atoms with Crippen molar-refractivity contribution in [1.82, 2.24) is 24.8 Å². The molecule has 5 atom stereocenters. The summed E-state index contributed by atoms with van der Waals surface area (Å²) in [6.45, 7) is 1.49. The fraction of sp³-hybridized carbons (Fsp3) is 0.600. The van der Waals surface area contributed by atoms with Crippen LogP contribution in [0.15, 0.2) is 17.4 Å². The molecule has 0 spiro atoms. The molecule has 0 radical (unpaired) electrons. The lowest BCUT2D eigenvalue weighted by Crippen LogP contribution is -2.53. The lowest BCUT2D eigenvalue weighted by molar-refractivity contribution is -0.124. The minimum absolute atomic E-state index is 0.0984. The number of rotatable bonds is 6. The van der Waals surface area contributed by atoms with E-state index in [0.717, 1.165) is 6.42 Å². The molecule has 1 fully saturated rings. The van der Waals surface area contributed by atoms with E-state index in [1.807, 2.05) is 6.92 Å². The summed E-state index contributed by atoms with van der Waals surface area (Å²) in [7, 11) is 0. The fourth-order valence-corrected chi connectivity index (χ4v) is 3.07. The van der Waals surface area contributed by atoms with E-state index in [9.17, 15) is 19.8 Å². The first-order valence-electron chi connectivity index (χ1n) is 8.38. The standard InChI is InChI=1S/C15H22N6O5/c1-2-3-7(16)13(24)20-9-8(4-22)26-15(11(9)23)21-6-19-10-12(21)17-5-18-14(10)25/h5-9,11,15,22-23H,2-4,16H2,1H3,(H,20,24)(H,17,18,25)/t7?,8-,9?,11+,15-/m1/s1. The minimum atomic E-state index is -1.19. The molecule has 142 valence electrons. The molecule has 2 aromatic rings. The van der Waals surface area contributed by atoms with Gasteiger partial charge in [-0.2, -0.15) is 0 Å². The van der Waals surface area contributed by atoms with E-state index in [1.54, 1.807) is 0 Å². The number of imidazole rings is 1. The van der Waals surface area contributed by atoms with Gasteiger partial charge >= 0.3 is 0 Å². The SMILES string of the molecule is CCCC(N)C(=O)NC1[C@@H](CO)O[C@@H](n2cnc3c(=O)[nH]cnc32)[C@H]1O. The molecule has 2 unspecified atom stereocenters. The number of nitrogens with zero attached hydrogens (tertiary/aromatic N) is 3. The number of ether oxygens (including phenoxy) is 1. The van der Waals surface area contributed by atoms with Crippen LogP contribution in [0.5, 0.6) is 0 Å². The third-order valence-corrected chi connectivity index (χ3v) is 4.44. The van der Waals surface area contributed by atoms with Gasteiger partial charge < -0.3 is 31.0 Å². The zero-order chi connectivity index (χ0) is 18.8. The van der Waals surface area contributed by atoms with Crippen molar-refractivity contribution in [3.05, 3.63) is 23.0 Å². The van der Waals surface area contributed by atoms with Crippen LogP contribution in [0.1, 0.15) is 26.0 Å². The predicted molar refractivity (Wildman–Crippen MR) is 90.0 cm³/mol. The molecular formula is C15H22N6O5. The van der Waals surface area contributed by atoms with Crippen molar-refractivity contribution in [2.45, 2.75) is 50.3 Å². The van der Waals surface area contributed by atoms with Crippen LogP contribution in [0, 0.1) is 0 Å². The Morgan fingerprint density at radius 2 is 2.31 bits per heavy atom. The second-order valence-corrected chi connectivity index (χ2v) is 6.22. The van der Waals surface area contributed by atoms with E-state index >= 15 is 0 Å². The maximum atomic E-state index is 12.2. The number of hydrogen-bond acceptors (Lipinski definition) is 8. The zero-order valence-corrected chi connectivity index (χ0v) is 14.2. The summed E-state index contributed by atoms with van der Waals surface area (Å²) in [5, 5.41) is 22.9. The summed E-state index contributed by atoms with van der Waals surface area (Å²) in [5.41, 5.74) is 5.70. The third-order valence-electron chi connectivity index (χ3n) is 4.44. The normalized spacial score (nSPS) is 26.9. The van der Waals surface area contributed by atoms with Crippen LogP contribution in [0.4, 0.5) is 0 Å². The van der Waals surface area contributed by atoms with Crippen molar-refractivity contribution in [2.75, 3.05) is 6.61 Å². The number of carbonyl (C=O) groups excluding carboxylic acids is 1. The fourth-order valence-electron chi connectivity index (χ4n) is 3.07. The van der Waals surface area contributed by atoms with Crippen LogP contribution in [-0.4, -0.2) is 66.5 Å². The molecule has 0 saturated carbocycles. The molecule has 3 rings (SSSR count). The molecule has 1 saturated heterocycles. The number of nitrogens with two attached hydrogens (primary N) is 1. The van der Waals surface area contributed by atoms with Gasteiger partial charge in [-0.05, 0) is 6.42 Å². The highest BCUT2D eigenvalue weighted by Gasteiger charge is 2.46. The highest BCUT2D eigenvalue weighted by molar-refractivity contribution is 5.81. The molecule has 3 heterocycles. The number of nitrogens with one attached hydrogen (secondary N) is 2. The van der Waals surface area contributed by atoms with Crippen molar-refractivity contribution < 1.29 is 19.7 Å². The van der Waals surface area contributed by atoms with Gasteiger partial charge in [-0.3, -0.25) is 14.2 Å². The van der Waals surface area contributed by atoms with Crippen molar-refractivity contribution in [1.29, 1.82) is 0 Å². The second kappa shape index (κ2) is 7.50. The topological polar surface area (TPSA) is 168 Å². The van der Waals surface area contributed by atoms with E-state index in [1.165, 1.54) is 17.2 Å². The molecule has 11 heteroatoms. The number of H-pyrrole nitrogens is 1. The highest BCUT2D eigenvalue weighted by Crippen LogP contribution is 2.30. The molecule has 6 N–H and O–H groups in total. The molecule has 26 heavy (non-hydrogen) atoms. The smallest absolute Gasteiger partial charge is 0.278 e. The van der Waals surface area contributed by atoms with Gasteiger partial charge in [-0.1, -0.05) is 13.3 Å². The summed E-state index contributed by atoms with van der Waals surface area (Å²) in [5.74, 6) is -0.427. The number of amides is 1. The molecule has 1 amide bonds. The van der Waals surface area contributed by atoms with Gasteiger partial charge in [0.2, 0.25) is 5.91 Å². The first kappa shape index (κ1) is 18.5. The summed E-state index contributed by atoms with van der Waals surface area (Å²) >= 11 is 0. The summed E-state index contributed by atoms with van der Waals surface area (Å²) in [4.78, 5) is 34.4. The van der Waals surface area contributed by atoms with Gasteiger partial charge in [-0.15, -0.1) is 0 Å². The quantitative estimate of drug-likeness (QED) is 0.390. The van der Waals surface area contributed by atoms with Crippen LogP contribution in [-0.2, 0) is 9.53 Å². The van der Waals surface area contributed by atoms with Crippen molar-refractivity contribution in [3.63, 3.8) is 0 Å². The number of aromatic nitrogens is 4. The Bertz CT molecular complexity index is 835. The van der Waals surface area contributed by atoms with Crippen molar-refractivity contribution in [2.24, 2.45) is 5.73 Å². The van der Waals surface area contributed by atoms with Gasteiger partial charge in [0.1, 0.15) is 12.2 Å².